The van der Waals surface area contributed by atoms with Crippen molar-refractivity contribution < 1.29 is 9.53 Å². The number of rotatable bonds is 6. The Morgan fingerprint density at radius 2 is 1.89 bits per heavy atom. The smallest absolute Gasteiger partial charge is 0.263 e. The van der Waals surface area contributed by atoms with Gasteiger partial charge in [0.15, 0.2) is 0 Å². The third-order valence-corrected chi connectivity index (χ3v) is 4.69. The van der Waals surface area contributed by atoms with E-state index in [4.69, 9.17) is 45.3 Å². The Labute approximate surface area is 179 Å². The van der Waals surface area contributed by atoms with Crippen LogP contribution in [0.25, 0.3) is 0 Å². The summed E-state index contributed by atoms with van der Waals surface area (Å²) >= 11 is 18.4. The number of para-hydroxylation sites is 1. The number of benzene rings is 2. The van der Waals surface area contributed by atoms with Crippen LogP contribution >= 0.6 is 34.8 Å². The third-order valence-electron chi connectivity index (χ3n) is 3.84. The number of aryl methyl sites for hydroxylation is 1. The predicted molar refractivity (Wildman–Crippen MR) is 117 cm³/mol. The van der Waals surface area contributed by atoms with E-state index in [0.29, 0.717) is 20.8 Å². The number of likely N-dealkylation sites (N-methyl/N-ethyl adjacent to an activating group) is 1. The van der Waals surface area contributed by atoms with Crippen LogP contribution in [0.1, 0.15) is 5.56 Å². The molecule has 146 valence electrons. The molecule has 7 heteroatoms. The highest BCUT2D eigenvalue weighted by atomic mass is 35.5. The van der Waals surface area contributed by atoms with Crippen molar-refractivity contribution in [3.05, 3.63) is 93.3 Å². The molecule has 0 radical (unpaired) electrons. The minimum atomic E-state index is -0.412. The van der Waals surface area contributed by atoms with Gasteiger partial charge in [-0.3, -0.25) is 4.79 Å². The Hall–Kier alpha value is -2.40. The Morgan fingerprint density at radius 1 is 1.18 bits per heavy atom. The van der Waals surface area contributed by atoms with Crippen molar-refractivity contribution >= 4 is 46.4 Å². The third kappa shape index (κ3) is 5.10. The summed E-state index contributed by atoms with van der Waals surface area (Å²) < 4.78 is 5.63. The van der Waals surface area contributed by atoms with E-state index in [0.717, 1.165) is 5.56 Å². The minimum absolute atomic E-state index is 0.109. The first-order valence-corrected chi connectivity index (χ1v) is 9.34. The highest BCUT2D eigenvalue weighted by Gasteiger charge is 2.22. The van der Waals surface area contributed by atoms with Gasteiger partial charge in [-0.15, -0.1) is 0 Å². The molecule has 0 aliphatic carbocycles. The average Bonchev–Trinajstić information content (AvgIpc) is 2.64. The summed E-state index contributed by atoms with van der Waals surface area (Å²) in [5.41, 5.74) is 7.62. The normalized spacial score (nSPS) is 11.9. The van der Waals surface area contributed by atoms with Crippen LogP contribution in [0.3, 0.4) is 0 Å². The number of allylic oxidation sites excluding steroid dienone is 2. The van der Waals surface area contributed by atoms with Gasteiger partial charge in [-0.25, -0.2) is 0 Å². The molecule has 0 aromatic heterocycles. The second-order valence-electron chi connectivity index (χ2n) is 5.82. The zero-order valence-corrected chi connectivity index (χ0v) is 17.6. The highest BCUT2D eigenvalue weighted by molar-refractivity contribution is 6.34. The first-order valence-electron chi connectivity index (χ1n) is 8.21. The predicted octanol–water partition coefficient (Wildman–Crippen LogP) is 5.91. The molecule has 1 amide bonds. The van der Waals surface area contributed by atoms with Gasteiger partial charge in [0.05, 0.1) is 21.3 Å². The molecule has 2 aromatic carbocycles. The molecule has 0 fully saturated rings. The van der Waals surface area contributed by atoms with Crippen LogP contribution in [-0.4, -0.2) is 13.0 Å². The molecule has 2 rings (SSSR count). The molecule has 0 bridgehead atoms. The zero-order chi connectivity index (χ0) is 20.8. The quantitative estimate of drug-likeness (QED) is 0.347. The SMILES string of the molecule is C=C/C=C\C(C(=O)N(C)c1c(C)cccc1Cl)=C(/N)Oc1cc(Cl)ccc1Cl. The fourth-order valence-corrected chi connectivity index (χ4v) is 3.15. The number of nitrogens with zero attached hydrogens (tertiary/aromatic N) is 1. The lowest BCUT2D eigenvalue weighted by Gasteiger charge is -2.22. The van der Waals surface area contributed by atoms with Crippen molar-refractivity contribution in [2.75, 3.05) is 11.9 Å². The number of hydrogen-bond donors (Lipinski definition) is 1. The molecule has 0 spiro atoms. The maximum atomic E-state index is 13.1. The van der Waals surface area contributed by atoms with Gasteiger partial charge >= 0.3 is 0 Å². The summed E-state index contributed by atoms with van der Waals surface area (Å²) in [5, 5.41) is 1.17. The van der Waals surface area contributed by atoms with E-state index in [9.17, 15) is 4.79 Å². The summed E-state index contributed by atoms with van der Waals surface area (Å²) in [6.45, 7) is 5.48. The Kier molecular flexibility index (Phi) is 7.58. The Morgan fingerprint density at radius 3 is 2.54 bits per heavy atom. The molecule has 0 unspecified atom stereocenters. The van der Waals surface area contributed by atoms with Gasteiger partial charge in [0.1, 0.15) is 5.75 Å². The van der Waals surface area contributed by atoms with Crippen molar-refractivity contribution in [3.63, 3.8) is 0 Å². The van der Waals surface area contributed by atoms with E-state index >= 15 is 0 Å². The van der Waals surface area contributed by atoms with Crippen LogP contribution in [0, 0.1) is 6.92 Å². The summed E-state index contributed by atoms with van der Waals surface area (Å²) in [6, 6.07) is 10.1. The van der Waals surface area contributed by atoms with Crippen molar-refractivity contribution in [1.82, 2.24) is 0 Å². The van der Waals surface area contributed by atoms with E-state index in [1.54, 1.807) is 31.3 Å². The fraction of sp³-hybridized carbons (Fsp3) is 0.0952. The first-order chi connectivity index (χ1) is 13.3. The summed E-state index contributed by atoms with van der Waals surface area (Å²) in [6.07, 6.45) is 4.61. The molecular weight excluding hydrogens is 419 g/mol. The monoisotopic (exact) mass is 436 g/mol. The number of carbonyl (C=O) groups excluding carboxylic acids is 1. The molecule has 0 saturated heterocycles. The van der Waals surface area contributed by atoms with Crippen LogP contribution in [0.5, 0.6) is 5.75 Å². The van der Waals surface area contributed by atoms with Gasteiger partial charge in [0.2, 0.25) is 5.88 Å². The average molecular weight is 438 g/mol. The molecule has 0 atom stereocenters. The molecule has 2 aromatic rings. The number of amides is 1. The van der Waals surface area contributed by atoms with Crippen LogP contribution in [0.4, 0.5) is 5.69 Å². The van der Waals surface area contributed by atoms with Crippen molar-refractivity contribution in [2.45, 2.75) is 6.92 Å². The number of halogens is 3. The van der Waals surface area contributed by atoms with E-state index in [-0.39, 0.29) is 17.2 Å². The number of anilines is 1. The van der Waals surface area contributed by atoms with Crippen LogP contribution in [0.15, 0.2) is 72.7 Å². The first kappa shape index (κ1) is 21.9. The Bertz CT molecular complexity index is 948. The summed E-state index contributed by atoms with van der Waals surface area (Å²) in [5.74, 6) is -0.311. The summed E-state index contributed by atoms with van der Waals surface area (Å²) in [7, 11) is 1.61. The van der Waals surface area contributed by atoms with E-state index in [2.05, 4.69) is 6.58 Å². The van der Waals surface area contributed by atoms with Gasteiger partial charge in [-0.1, -0.05) is 65.7 Å². The van der Waals surface area contributed by atoms with Gasteiger partial charge < -0.3 is 15.4 Å². The van der Waals surface area contributed by atoms with Gasteiger partial charge in [0.25, 0.3) is 5.91 Å². The lowest BCUT2D eigenvalue weighted by Crippen LogP contribution is -2.30. The molecular formula is C21H19Cl3N2O2. The van der Waals surface area contributed by atoms with E-state index in [1.165, 1.54) is 23.1 Å². The molecule has 4 nitrogen and oxygen atoms in total. The van der Waals surface area contributed by atoms with Gasteiger partial charge in [0, 0.05) is 18.1 Å². The number of carbonyl (C=O) groups is 1. The Balaban J connectivity index is 2.48. The maximum absolute atomic E-state index is 13.1. The summed E-state index contributed by atoms with van der Waals surface area (Å²) in [4.78, 5) is 14.6. The van der Waals surface area contributed by atoms with Crippen molar-refractivity contribution in [2.24, 2.45) is 5.73 Å². The van der Waals surface area contributed by atoms with Crippen molar-refractivity contribution in [1.29, 1.82) is 0 Å². The lowest BCUT2D eigenvalue weighted by atomic mass is 10.1. The molecule has 2 N–H and O–H groups in total. The van der Waals surface area contributed by atoms with Crippen LogP contribution < -0.4 is 15.4 Å². The van der Waals surface area contributed by atoms with E-state index in [1.807, 2.05) is 19.1 Å². The standard InChI is InChI=1S/C21H19Cl3N2O2/c1-4-5-8-15(20(25)28-18-12-14(22)10-11-16(18)23)21(27)26(3)19-13(2)7-6-9-17(19)24/h4-12H,1,25H2,2-3H3/b8-5-,20-15-. The van der Waals surface area contributed by atoms with Crippen LogP contribution in [0.2, 0.25) is 15.1 Å². The number of ether oxygens (including phenoxy) is 1. The molecule has 0 aliphatic heterocycles. The molecule has 0 heterocycles. The fourth-order valence-electron chi connectivity index (χ4n) is 2.48. The number of nitrogens with two attached hydrogens (primary N) is 1. The van der Waals surface area contributed by atoms with E-state index < -0.39 is 5.91 Å². The van der Waals surface area contributed by atoms with Crippen LogP contribution in [-0.2, 0) is 4.79 Å². The minimum Gasteiger partial charge on any atom is -0.439 e. The topological polar surface area (TPSA) is 55.6 Å². The molecule has 0 aliphatic rings. The molecule has 0 saturated carbocycles. The number of hydrogen-bond acceptors (Lipinski definition) is 3. The second-order valence-corrected chi connectivity index (χ2v) is 7.07. The van der Waals surface area contributed by atoms with Crippen molar-refractivity contribution in [3.8, 4) is 5.75 Å². The zero-order valence-electron chi connectivity index (χ0n) is 15.4. The maximum Gasteiger partial charge on any atom is 0.263 e. The highest BCUT2D eigenvalue weighted by Crippen LogP contribution is 2.31. The second kappa shape index (κ2) is 9.69. The lowest BCUT2D eigenvalue weighted by molar-refractivity contribution is -0.114. The van der Waals surface area contributed by atoms with Gasteiger partial charge in [-0.2, -0.15) is 0 Å². The largest absolute Gasteiger partial charge is 0.439 e. The molecule has 28 heavy (non-hydrogen) atoms. The van der Waals surface area contributed by atoms with Gasteiger partial charge in [-0.05, 0) is 36.8 Å².